The molecule has 2 bridgehead atoms. The predicted molar refractivity (Wildman–Crippen MR) is 119 cm³/mol. The van der Waals surface area contributed by atoms with Crippen LogP contribution in [0.25, 0.3) is 0 Å². The molecule has 1 aliphatic carbocycles. The highest BCUT2D eigenvalue weighted by Crippen LogP contribution is 2.60. The Bertz CT molecular complexity index is 1350. The highest BCUT2D eigenvalue weighted by Gasteiger charge is 2.61. The summed E-state index contributed by atoms with van der Waals surface area (Å²) >= 11 is 0. The quantitative estimate of drug-likeness (QED) is 0.436. The first-order chi connectivity index (χ1) is 15.9. The van der Waals surface area contributed by atoms with Crippen LogP contribution in [0.4, 0.5) is 0 Å². The Kier molecular flexibility index (Phi) is 3.62. The first-order valence-electron chi connectivity index (χ1n) is 11.1. The Morgan fingerprint density at radius 3 is 2.25 bits per heavy atom. The van der Waals surface area contributed by atoms with Crippen LogP contribution in [-0.4, -0.2) is 25.0 Å². The maximum Gasteiger partial charge on any atom is 0.266 e. The summed E-state index contributed by atoms with van der Waals surface area (Å²) < 4.78 is 4.91. The van der Waals surface area contributed by atoms with Gasteiger partial charge in [-0.25, -0.2) is 9.13 Å². The fraction of sp³-hybridized carbons (Fsp3) is 0.192. The van der Waals surface area contributed by atoms with Crippen molar-refractivity contribution < 1.29 is 4.57 Å². The highest BCUT2D eigenvalue weighted by atomic mass is 15.2. The fourth-order valence-electron chi connectivity index (χ4n) is 6.11. The van der Waals surface area contributed by atoms with Gasteiger partial charge in [0.1, 0.15) is 30.9 Å². The van der Waals surface area contributed by atoms with Gasteiger partial charge >= 0.3 is 0 Å². The number of hydrogen-bond donors (Lipinski definition) is 2. The smallest absolute Gasteiger partial charge is 0.266 e. The van der Waals surface area contributed by atoms with Crippen molar-refractivity contribution in [2.45, 2.75) is 30.3 Å². The van der Waals surface area contributed by atoms with E-state index in [1.807, 2.05) is 12.4 Å². The third kappa shape index (κ3) is 2.26. The predicted octanol–water partition coefficient (Wildman–Crippen LogP) is 3.69. The van der Waals surface area contributed by atoms with Crippen molar-refractivity contribution >= 4 is 0 Å². The zero-order chi connectivity index (χ0) is 21.1. The summed E-state index contributed by atoms with van der Waals surface area (Å²) in [5, 5.41) is 15.4. The Labute approximate surface area is 185 Å². The topological polar surface area (TPSA) is 66.2 Å². The molecule has 2 N–H and O–H groups in total. The lowest BCUT2D eigenvalue weighted by Crippen LogP contribution is -2.54. The number of rotatable bonds is 4. The Morgan fingerprint density at radius 2 is 1.56 bits per heavy atom. The van der Waals surface area contributed by atoms with Crippen molar-refractivity contribution in [2.75, 3.05) is 0 Å². The maximum absolute atomic E-state index is 4.35. The molecule has 0 amide bonds. The van der Waals surface area contributed by atoms with Gasteiger partial charge < -0.3 is 0 Å². The van der Waals surface area contributed by atoms with Gasteiger partial charge in [-0.3, -0.25) is 10.2 Å². The highest BCUT2D eigenvalue weighted by molar-refractivity contribution is 5.53. The Balaban J connectivity index is 1.51. The minimum Gasteiger partial charge on any atom is -0.282 e. The molecule has 2 atom stereocenters. The summed E-state index contributed by atoms with van der Waals surface area (Å²) in [4.78, 5) is 0. The van der Waals surface area contributed by atoms with Crippen molar-refractivity contribution in [2.24, 2.45) is 0 Å². The number of fused-ring (bicyclic) bond motifs is 1. The van der Waals surface area contributed by atoms with Gasteiger partial charge in [-0.15, -0.1) is 0 Å². The van der Waals surface area contributed by atoms with E-state index in [2.05, 4.69) is 109 Å². The van der Waals surface area contributed by atoms with E-state index >= 15 is 0 Å². The average Bonchev–Trinajstić information content (AvgIpc) is 3.62. The van der Waals surface area contributed by atoms with Crippen LogP contribution in [0, 0.1) is 0 Å². The normalized spacial score (nSPS) is 20.1. The lowest BCUT2D eigenvalue weighted by atomic mass is 9.56. The summed E-state index contributed by atoms with van der Waals surface area (Å²) in [6.45, 7) is 0.844. The third-order valence-corrected chi connectivity index (χ3v) is 7.39. The number of aromatic amines is 2. The molecule has 8 rings (SSSR count). The van der Waals surface area contributed by atoms with E-state index in [1.165, 1.54) is 22.5 Å². The molecule has 0 spiro atoms. The van der Waals surface area contributed by atoms with Gasteiger partial charge in [-0.05, 0) is 23.3 Å². The molecule has 6 nitrogen and oxygen atoms in total. The molecule has 2 aliphatic heterocycles. The molecule has 2 aromatic carbocycles. The van der Waals surface area contributed by atoms with E-state index in [0.29, 0.717) is 0 Å². The zero-order valence-corrected chi connectivity index (χ0v) is 17.5. The van der Waals surface area contributed by atoms with Crippen molar-refractivity contribution in [3.8, 4) is 0 Å². The monoisotopic (exact) mass is 419 g/mol. The first kappa shape index (κ1) is 17.7. The number of hydrogen-bond acceptors (Lipinski definition) is 2. The minimum atomic E-state index is -0.293. The number of H-pyrrole nitrogens is 2. The molecule has 2 unspecified atom stereocenters. The van der Waals surface area contributed by atoms with Crippen LogP contribution < -0.4 is 4.57 Å². The summed E-state index contributed by atoms with van der Waals surface area (Å²) in [6, 6.07) is 24.1. The second kappa shape index (κ2) is 6.53. The first-order valence-corrected chi connectivity index (χ1v) is 11.1. The second-order valence-electron chi connectivity index (χ2n) is 8.87. The van der Waals surface area contributed by atoms with Crippen LogP contribution in [0.1, 0.15) is 52.3 Å². The van der Waals surface area contributed by atoms with Crippen LogP contribution in [0.2, 0.25) is 0 Å². The molecule has 0 saturated heterocycles. The van der Waals surface area contributed by atoms with Gasteiger partial charge in [0, 0.05) is 35.8 Å². The Morgan fingerprint density at radius 1 is 0.875 bits per heavy atom. The van der Waals surface area contributed by atoms with Gasteiger partial charge in [-0.2, -0.15) is 10.2 Å². The Hall–Kier alpha value is -3.93. The maximum atomic E-state index is 4.35. The number of benzene rings is 2. The lowest BCUT2D eigenvalue weighted by molar-refractivity contribution is -0.697. The zero-order valence-electron chi connectivity index (χ0n) is 17.5. The summed E-state index contributed by atoms with van der Waals surface area (Å²) in [5.74, 6) is 1.45. The molecule has 0 radical (unpaired) electrons. The van der Waals surface area contributed by atoms with E-state index in [-0.39, 0.29) is 17.4 Å². The molecule has 32 heavy (non-hydrogen) atoms. The van der Waals surface area contributed by atoms with Crippen LogP contribution in [0.15, 0.2) is 91.5 Å². The van der Waals surface area contributed by atoms with Crippen molar-refractivity contribution in [3.63, 3.8) is 0 Å². The molecule has 0 fully saturated rings. The van der Waals surface area contributed by atoms with Crippen LogP contribution in [0.5, 0.6) is 0 Å². The standard InChI is InChI=1S/C26H23N6/c1-2-6-18(7-3-1)17-31-14-15-32-21-16-26(22-10-12-27-29-22,23-11-13-28-30-23)24(25(31)32)20-9-5-4-8-19(20)21/h1-15,21,24H,16-17H2,(H,27,29)(H,28,30)/q+1. The van der Waals surface area contributed by atoms with Crippen LogP contribution in [0.3, 0.4) is 0 Å². The fourth-order valence-corrected chi connectivity index (χ4v) is 6.11. The number of imidazole rings is 1. The van der Waals surface area contributed by atoms with Gasteiger partial charge in [0.15, 0.2) is 0 Å². The number of aromatic nitrogens is 6. The average molecular weight is 420 g/mol. The summed E-state index contributed by atoms with van der Waals surface area (Å²) in [7, 11) is 0. The molecule has 5 aromatic rings. The molecule has 156 valence electrons. The van der Waals surface area contributed by atoms with Crippen LogP contribution >= 0.6 is 0 Å². The summed E-state index contributed by atoms with van der Waals surface area (Å²) in [6.07, 6.45) is 9.17. The van der Waals surface area contributed by atoms with Crippen molar-refractivity contribution in [1.29, 1.82) is 0 Å². The molecule has 5 heterocycles. The molecule has 3 aliphatic rings. The van der Waals surface area contributed by atoms with Gasteiger partial charge in [0.2, 0.25) is 0 Å². The van der Waals surface area contributed by atoms with E-state index < -0.39 is 0 Å². The SMILES string of the molecule is c1ccc(C[n+]2ccn3c2C2c4ccccc4C3CC2(c2ccn[nH]2)c2ccn[nH]2)cc1. The molecule has 6 heteroatoms. The van der Waals surface area contributed by atoms with Gasteiger partial charge in [-0.1, -0.05) is 54.6 Å². The van der Waals surface area contributed by atoms with Gasteiger partial charge in [0.05, 0.1) is 5.41 Å². The van der Waals surface area contributed by atoms with Crippen molar-refractivity contribution in [1.82, 2.24) is 25.0 Å². The van der Waals surface area contributed by atoms with E-state index in [9.17, 15) is 0 Å². The molecule has 3 aromatic heterocycles. The van der Waals surface area contributed by atoms with E-state index in [0.717, 1.165) is 24.4 Å². The lowest BCUT2D eigenvalue weighted by Gasteiger charge is -2.48. The van der Waals surface area contributed by atoms with Crippen molar-refractivity contribution in [3.05, 3.63) is 125 Å². The minimum absolute atomic E-state index is 0.128. The molecular weight excluding hydrogens is 396 g/mol. The third-order valence-electron chi connectivity index (χ3n) is 7.39. The molecule has 0 saturated carbocycles. The number of nitrogens with zero attached hydrogens (tertiary/aromatic N) is 4. The van der Waals surface area contributed by atoms with E-state index in [4.69, 9.17) is 0 Å². The largest absolute Gasteiger partial charge is 0.282 e. The number of nitrogens with one attached hydrogen (secondary N) is 2. The van der Waals surface area contributed by atoms with Gasteiger partial charge in [0.25, 0.3) is 5.82 Å². The second-order valence-corrected chi connectivity index (χ2v) is 8.87. The molecular formula is C26H23N6+. The van der Waals surface area contributed by atoms with E-state index in [1.54, 1.807) is 0 Å². The summed E-state index contributed by atoms with van der Waals surface area (Å²) in [5.41, 5.74) is 6.08. The van der Waals surface area contributed by atoms with Crippen LogP contribution in [-0.2, 0) is 12.0 Å².